The maximum Gasteiger partial charge on any atom is 0.307 e. The van der Waals surface area contributed by atoms with Crippen molar-refractivity contribution in [2.45, 2.75) is 51.7 Å². The van der Waals surface area contributed by atoms with E-state index < -0.39 is 5.97 Å². The second kappa shape index (κ2) is 11.4. The highest BCUT2D eigenvalue weighted by molar-refractivity contribution is 5.72. The number of carboxylic acid groups (broad SMARTS) is 1. The van der Waals surface area contributed by atoms with Gasteiger partial charge in [-0.25, -0.2) is 4.39 Å². The molecule has 5 nitrogen and oxygen atoms in total. The lowest BCUT2D eigenvalue weighted by atomic mass is 9.95. The molecular formula is C29H33FN2O3. The molecule has 1 saturated heterocycles. The number of carboxylic acids is 1. The number of para-hydroxylation sites is 1. The number of anilines is 1. The molecule has 35 heavy (non-hydrogen) atoms. The zero-order chi connectivity index (χ0) is 24.8. The van der Waals surface area contributed by atoms with Crippen LogP contribution in [0, 0.1) is 5.82 Å². The number of nitrogens with zero attached hydrogens (tertiary/aromatic N) is 1. The van der Waals surface area contributed by atoms with Gasteiger partial charge in [-0.15, -0.1) is 0 Å². The predicted molar refractivity (Wildman–Crippen MR) is 137 cm³/mol. The maximum atomic E-state index is 15.6. The van der Waals surface area contributed by atoms with E-state index in [-0.39, 0.29) is 24.9 Å². The molecule has 1 fully saturated rings. The van der Waals surface area contributed by atoms with E-state index in [1.54, 1.807) is 30.3 Å². The molecule has 1 unspecified atom stereocenters. The summed E-state index contributed by atoms with van der Waals surface area (Å²) in [6.07, 6.45) is 3.77. The van der Waals surface area contributed by atoms with E-state index in [9.17, 15) is 9.90 Å². The van der Waals surface area contributed by atoms with Gasteiger partial charge in [0.25, 0.3) is 0 Å². The van der Waals surface area contributed by atoms with Gasteiger partial charge in [-0.2, -0.15) is 0 Å². The van der Waals surface area contributed by atoms with E-state index in [2.05, 4.69) is 11.0 Å². The van der Waals surface area contributed by atoms with E-state index in [0.29, 0.717) is 22.4 Å². The first-order valence-electron chi connectivity index (χ1n) is 12.3. The minimum absolute atomic E-state index is 0.106. The van der Waals surface area contributed by atoms with Crippen molar-refractivity contribution in [2.24, 2.45) is 5.73 Å². The Bertz CT molecular complexity index is 1170. The minimum Gasteiger partial charge on any atom is -0.489 e. The van der Waals surface area contributed by atoms with E-state index in [1.807, 2.05) is 31.2 Å². The Morgan fingerprint density at radius 3 is 2.63 bits per heavy atom. The van der Waals surface area contributed by atoms with Crippen LogP contribution in [0.1, 0.15) is 55.3 Å². The van der Waals surface area contributed by atoms with Crippen molar-refractivity contribution in [3.63, 3.8) is 0 Å². The summed E-state index contributed by atoms with van der Waals surface area (Å²) in [5.74, 6) is -0.636. The number of nitrogens with two attached hydrogens (primary N) is 1. The van der Waals surface area contributed by atoms with Gasteiger partial charge in [-0.3, -0.25) is 4.79 Å². The normalized spacial score (nSPS) is 14.2. The summed E-state index contributed by atoms with van der Waals surface area (Å²) in [6, 6.07) is 18.3. The summed E-state index contributed by atoms with van der Waals surface area (Å²) in [7, 11) is 0. The van der Waals surface area contributed by atoms with Crippen molar-refractivity contribution in [1.29, 1.82) is 0 Å². The van der Waals surface area contributed by atoms with Crippen LogP contribution in [0.15, 0.2) is 60.7 Å². The average molecular weight is 477 g/mol. The second-order valence-corrected chi connectivity index (χ2v) is 9.15. The van der Waals surface area contributed by atoms with Gasteiger partial charge in [0, 0.05) is 41.5 Å². The Kier molecular flexibility index (Phi) is 8.03. The summed E-state index contributed by atoms with van der Waals surface area (Å²) >= 11 is 0. The molecule has 0 aliphatic carbocycles. The molecule has 1 atom stereocenters. The fraction of sp³-hybridized carbons (Fsp3) is 0.345. The van der Waals surface area contributed by atoms with Crippen LogP contribution in [0.25, 0.3) is 11.1 Å². The number of hydrogen-bond acceptors (Lipinski definition) is 4. The molecule has 3 N–H and O–H groups in total. The monoisotopic (exact) mass is 476 g/mol. The molecule has 0 bridgehead atoms. The molecule has 3 aromatic rings. The quantitative estimate of drug-likeness (QED) is 0.370. The van der Waals surface area contributed by atoms with Gasteiger partial charge in [-0.1, -0.05) is 49.7 Å². The smallest absolute Gasteiger partial charge is 0.307 e. The topological polar surface area (TPSA) is 75.8 Å². The Hall–Kier alpha value is -3.38. The summed E-state index contributed by atoms with van der Waals surface area (Å²) in [5.41, 5.74) is 10.7. The van der Waals surface area contributed by atoms with E-state index in [1.165, 1.54) is 0 Å². The van der Waals surface area contributed by atoms with Crippen LogP contribution in [0.4, 0.5) is 10.1 Å². The van der Waals surface area contributed by atoms with Crippen molar-refractivity contribution in [1.82, 2.24) is 0 Å². The van der Waals surface area contributed by atoms with Crippen LogP contribution >= 0.6 is 0 Å². The summed E-state index contributed by atoms with van der Waals surface area (Å²) in [4.78, 5) is 13.5. The third-order valence-electron chi connectivity index (χ3n) is 6.50. The zero-order valence-corrected chi connectivity index (χ0v) is 20.2. The van der Waals surface area contributed by atoms with Crippen LogP contribution in [-0.4, -0.2) is 24.2 Å². The highest BCUT2D eigenvalue weighted by Gasteiger charge is 2.19. The predicted octanol–water partition coefficient (Wildman–Crippen LogP) is 6.10. The second-order valence-electron chi connectivity index (χ2n) is 9.15. The highest BCUT2D eigenvalue weighted by Crippen LogP contribution is 2.34. The van der Waals surface area contributed by atoms with Gasteiger partial charge in [-0.05, 0) is 54.7 Å². The fourth-order valence-corrected chi connectivity index (χ4v) is 4.71. The van der Waals surface area contributed by atoms with Gasteiger partial charge in [0.05, 0.1) is 6.42 Å². The minimum atomic E-state index is -0.906. The number of aliphatic carboxylic acids is 1. The Balaban J connectivity index is 1.68. The molecule has 184 valence electrons. The lowest BCUT2D eigenvalue weighted by Gasteiger charge is -2.21. The van der Waals surface area contributed by atoms with Crippen LogP contribution in [-0.2, 0) is 17.8 Å². The summed E-state index contributed by atoms with van der Waals surface area (Å²) < 4.78 is 21.7. The number of rotatable bonds is 10. The zero-order valence-electron chi connectivity index (χ0n) is 20.2. The maximum absolute atomic E-state index is 15.6. The number of ether oxygens (including phenoxy) is 1. The third kappa shape index (κ3) is 6.01. The molecular weight excluding hydrogens is 443 g/mol. The van der Waals surface area contributed by atoms with Crippen LogP contribution in [0.2, 0.25) is 0 Å². The number of hydrogen-bond donors (Lipinski definition) is 2. The van der Waals surface area contributed by atoms with Gasteiger partial charge < -0.3 is 20.5 Å². The molecule has 0 radical (unpaired) electrons. The standard InChI is InChI=1S/C29H33FN2O3/c1-2-8-26(31)25-11-7-10-24(29(25)30)22-15-20(16-23(17-22)32-13-5-6-14-32)19-35-27-12-4-3-9-21(27)18-28(33)34/h3-4,7,9-12,15-17,26H,2,5-6,8,13-14,18-19,31H2,1H3,(H,33,34). The van der Waals surface area contributed by atoms with Gasteiger partial charge >= 0.3 is 5.97 Å². The number of carbonyl (C=O) groups is 1. The Labute approximate surface area is 206 Å². The molecule has 4 rings (SSSR count). The lowest BCUT2D eigenvalue weighted by Crippen LogP contribution is -2.18. The van der Waals surface area contributed by atoms with Gasteiger partial charge in [0.15, 0.2) is 0 Å². The van der Waals surface area contributed by atoms with Crippen molar-refractivity contribution >= 4 is 11.7 Å². The average Bonchev–Trinajstić information content (AvgIpc) is 3.38. The molecule has 1 aliphatic heterocycles. The van der Waals surface area contributed by atoms with Crippen molar-refractivity contribution in [3.8, 4) is 16.9 Å². The molecule has 6 heteroatoms. The van der Waals surface area contributed by atoms with Crippen LogP contribution in [0.5, 0.6) is 5.75 Å². The lowest BCUT2D eigenvalue weighted by molar-refractivity contribution is -0.136. The highest BCUT2D eigenvalue weighted by atomic mass is 19.1. The largest absolute Gasteiger partial charge is 0.489 e. The SMILES string of the molecule is CCCC(N)c1cccc(-c2cc(COc3ccccc3CC(=O)O)cc(N3CCCC3)c2)c1F. The number of halogens is 1. The first-order valence-corrected chi connectivity index (χ1v) is 12.3. The van der Waals surface area contributed by atoms with Gasteiger partial charge in [0.1, 0.15) is 18.2 Å². The third-order valence-corrected chi connectivity index (χ3v) is 6.50. The summed E-state index contributed by atoms with van der Waals surface area (Å²) in [5, 5.41) is 9.21. The molecule has 3 aromatic carbocycles. The van der Waals surface area contributed by atoms with E-state index in [0.717, 1.165) is 55.6 Å². The first kappa shape index (κ1) is 24.7. The molecule has 0 amide bonds. The van der Waals surface area contributed by atoms with E-state index in [4.69, 9.17) is 10.5 Å². The Morgan fingerprint density at radius 2 is 1.89 bits per heavy atom. The van der Waals surface area contributed by atoms with Crippen LogP contribution in [0.3, 0.4) is 0 Å². The first-order chi connectivity index (χ1) is 17.0. The fourth-order valence-electron chi connectivity index (χ4n) is 4.71. The van der Waals surface area contributed by atoms with E-state index >= 15 is 4.39 Å². The molecule has 0 aromatic heterocycles. The molecule has 1 heterocycles. The summed E-state index contributed by atoms with van der Waals surface area (Å²) in [6.45, 7) is 4.23. The molecule has 0 spiro atoms. The van der Waals surface area contributed by atoms with Crippen molar-refractivity contribution < 1.29 is 19.0 Å². The number of benzene rings is 3. The van der Waals surface area contributed by atoms with Crippen molar-refractivity contribution in [3.05, 3.63) is 83.2 Å². The molecule has 1 aliphatic rings. The van der Waals surface area contributed by atoms with Gasteiger partial charge in [0.2, 0.25) is 0 Å². The Morgan fingerprint density at radius 1 is 1.11 bits per heavy atom. The molecule has 0 saturated carbocycles. The van der Waals surface area contributed by atoms with Crippen LogP contribution < -0.4 is 15.4 Å². The van der Waals surface area contributed by atoms with Crippen molar-refractivity contribution in [2.75, 3.05) is 18.0 Å².